The molecule has 0 radical (unpaired) electrons. The van der Waals surface area contributed by atoms with Crippen LogP contribution < -0.4 is 0 Å². The van der Waals surface area contributed by atoms with E-state index in [1.165, 1.54) is 7.11 Å². The number of carbonyl (C=O) groups excluding carboxylic acids is 3. The van der Waals surface area contributed by atoms with E-state index >= 15 is 0 Å². The molecular weight excluding hydrogens is 520 g/mol. The van der Waals surface area contributed by atoms with Crippen molar-refractivity contribution in [3.63, 3.8) is 0 Å². The molecule has 1 atom stereocenters. The van der Waals surface area contributed by atoms with Crippen molar-refractivity contribution in [1.29, 1.82) is 0 Å². The summed E-state index contributed by atoms with van der Waals surface area (Å²) in [5.74, 6) is -1.17. The van der Waals surface area contributed by atoms with Gasteiger partial charge in [0, 0.05) is 28.3 Å². The van der Waals surface area contributed by atoms with Gasteiger partial charge >= 0.3 is 11.9 Å². The van der Waals surface area contributed by atoms with Crippen molar-refractivity contribution in [2.45, 2.75) is 66.9 Å². The fourth-order valence-corrected chi connectivity index (χ4v) is 4.56. The van der Waals surface area contributed by atoms with E-state index in [0.717, 1.165) is 6.42 Å². The molecule has 0 aromatic heterocycles. The molecule has 2 rings (SSSR count). The van der Waals surface area contributed by atoms with Crippen LogP contribution in [0.5, 0.6) is 0 Å². The molecule has 0 saturated carbocycles. The van der Waals surface area contributed by atoms with Gasteiger partial charge in [-0.25, -0.2) is 4.79 Å². The van der Waals surface area contributed by atoms with Crippen molar-refractivity contribution in [1.82, 2.24) is 9.91 Å². The molecular formula is C24H37BrN4O6. The molecule has 0 bridgehead atoms. The van der Waals surface area contributed by atoms with Crippen LogP contribution in [0.15, 0.2) is 32.4 Å². The smallest absolute Gasteiger partial charge is 0.343 e. The van der Waals surface area contributed by atoms with Crippen LogP contribution in [-0.2, 0) is 28.7 Å². The molecule has 1 saturated heterocycles. The highest BCUT2D eigenvalue weighted by atomic mass is 79.9. The zero-order chi connectivity index (χ0) is 26.4. The van der Waals surface area contributed by atoms with Gasteiger partial charge in [-0.3, -0.25) is 14.6 Å². The number of allylic oxidation sites excluding steroid dienone is 2. The lowest BCUT2D eigenvalue weighted by atomic mass is 9.69. The summed E-state index contributed by atoms with van der Waals surface area (Å²) in [5, 5.41) is 9.05. The van der Waals surface area contributed by atoms with Gasteiger partial charge in [0.2, 0.25) is 5.91 Å². The third-order valence-corrected chi connectivity index (χ3v) is 6.74. The average Bonchev–Trinajstić information content (AvgIpc) is 3.17. The second kappa shape index (κ2) is 12.0. The lowest BCUT2D eigenvalue weighted by molar-refractivity contribution is -0.158. The molecule has 1 unspecified atom stereocenters. The molecule has 0 aromatic rings. The zero-order valence-electron chi connectivity index (χ0n) is 21.7. The van der Waals surface area contributed by atoms with E-state index in [9.17, 15) is 14.4 Å². The molecule has 0 aliphatic carbocycles. The second-order valence-electron chi connectivity index (χ2n) is 10.3. The highest BCUT2D eigenvalue weighted by Gasteiger charge is 2.44. The van der Waals surface area contributed by atoms with E-state index in [0.29, 0.717) is 42.8 Å². The first-order valence-corrected chi connectivity index (χ1v) is 12.6. The SMILES string of the molecule is CCC(C)(C)CC(C)(C)C(OC(=O)CC(=O)N1CCN(N=NOC)CC1)C1=CC(=C(C)Br)OC1=O. The molecule has 10 nitrogen and oxygen atoms in total. The Morgan fingerprint density at radius 3 is 2.34 bits per heavy atom. The minimum Gasteiger partial charge on any atom is -0.456 e. The largest absolute Gasteiger partial charge is 0.456 e. The highest BCUT2D eigenvalue weighted by molar-refractivity contribution is 9.11. The summed E-state index contributed by atoms with van der Waals surface area (Å²) in [4.78, 5) is 44.6. The van der Waals surface area contributed by atoms with Crippen LogP contribution in [0.4, 0.5) is 0 Å². The molecule has 2 heterocycles. The second-order valence-corrected chi connectivity index (χ2v) is 11.5. The van der Waals surface area contributed by atoms with Crippen LogP contribution in [0.2, 0.25) is 0 Å². The van der Waals surface area contributed by atoms with E-state index in [1.54, 1.807) is 22.9 Å². The number of amides is 1. The summed E-state index contributed by atoms with van der Waals surface area (Å²) in [5.41, 5.74) is -0.359. The molecule has 2 aliphatic heterocycles. The molecule has 0 N–H and O–H groups in total. The van der Waals surface area contributed by atoms with Crippen LogP contribution in [0.1, 0.15) is 60.8 Å². The monoisotopic (exact) mass is 556 g/mol. The number of rotatable bonds is 10. The maximum absolute atomic E-state index is 12.9. The standard InChI is InChI=1S/C24H37BrN4O6/c1-8-23(3,4)15-24(5,6)21(17-13-18(16(2)25)34-22(17)32)35-20(31)14-19(30)28-9-11-29(12-10-28)26-27-33-7/h13,21H,8-12,14-15H2,1-7H3. The summed E-state index contributed by atoms with van der Waals surface area (Å²) in [6, 6.07) is 0. The first-order chi connectivity index (χ1) is 16.3. The Morgan fingerprint density at radius 1 is 1.20 bits per heavy atom. The summed E-state index contributed by atoms with van der Waals surface area (Å²) < 4.78 is 11.9. The van der Waals surface area contributed by atoms with Crippen LogP contribution in [-0.4, -0.2) is 67.1 Å². The minimum atomic E-state index is -0.864. The van der Waals surface area contributed by atoms with Crippen molar-refractivity contribution in [2.24, 2.45) is 21.3 Å². The summed E-state index contributed by atoms with van der Waals surface area (Å²) in [7, 11) is 1.41. The highest BCUT2D eigenvalue weighted by Crippen LogP contribution is 2.43. The van der Waals surface area contributed by atoms with E-state index in [1.807, 2.05) is 13.8 Å². The molecule has 196 valence electrons. The van der Waals surface area contributed by atoms with Gasteiger partial charge in [-0.15, -0.1) is 0 Å². The minimum absolute atomic E-state index is 0.0448. The van der Waals surface area contributed by atoms with Crippen LogP contribution in [0.25, 0.3) is 0 Å². The Kier molecular flexibility index (Phi) is 9.88. The fraction of sp³-hybridized carbons (Fsp3) is 0.708. The lowest BCUT2D eigenvalue weighted by Gasteiger charge is -2.39. The summed E-state index contributed by atoms with van der Waals surface area (Å²) >= 11 is 3.34. The molecule has 0 aromatic carbocycles. The number of ether oxygens (including phenoxy) is 2. The Hall–Kier alpha value is -2.43. The first kappa shape index (κ1) is 28.8. The lowest BCUT2D eigenvalue weighted by Crippen LogP contribution is -2.47. The summed E-state index contributed by atoms with van der Waals surface area (Å²) in [6.07, 6.45) is 1.95. The van der Waals surface area contributed by atoms with E-state index in [2.05, 4.69) is 52.0 Å². The zero-order valence-corrected chi connectivity index (χ0v) is 23.3. The number of hydrogen-bond acceptors (Lipinski definition) is 8. The third kappa shape index (κ3) is 8.05. The van der Waals surface area contributed by atoms with E-state index in [-0.39, 0.29) is 16.9 Å². The molecule has 2 aliphatic rings. The molecule has 0 spiro atoms. The number of piperazine rings is 1. The van der Waals surface area contributed by atoms with Crippen LogP contribution >= 0.6 is 15.9 Å². The van der Waals surface area contributed by atoms with E-state index in [4.69, 9.17) is 9.47 Å². The first-order valence-electron chi connectivity index (χ1n) is 11.8. The number of cyclic esters (lactones) is 1. The number of esters is 2. The number of nitrogens with zero attached hydrogens (tertiary/aromatic N) is 4. The van der Waals surface area contributed by atoms with Gasteiger partial charge in [-0.05, 0) is 30.1 Å². The number of halogens is 1. The fourth-order valence-electron chi connectivity index (χ4n) is 4.37. The maximum atomic E-state index is 12.9. The van der Waals surface area contributed by atoms with Crippen molar-refractivity contribution in [2.75, 3.05) is 33.3 Å². The van der Waals surface area contributed by atoms with Crippen LogP contribution in [0, 0.1) is 10.8 Å². The Labute approximate surface area is 215 Å². The van der Waals surface area contributed by atoms with Crippen molar-refractivity contribution < 1.29 is 28.7 Å². The van der Waals surface area contributed by atoms with Crippen molar-refractivity contribution >= 4 is 33.8 Å². The van der Waals surface area contributed by atoms with Gasteiger partial charge in [-0.2, -0.15) is 0 Å². The van der Waals surface area contributed by atoms with Gasteiger partial charge < -0.3 is 19.2 Å². The van der Waals surface area contributed by atoms with Gasteiger partial charge in [0.05, 0.1) is 18.7 Å². The van der Waals surface area contributed by atoms with Crippen molar-refractivity contribution in [3.05, 3.63) is 21.9 Å². The topological polar surface area (TPSA) is 110 Å². The Morgan fingerprint density at radius 2 is 1.83 bits per heavy atom. The molecule has 11 heteroatoms. The quantitative estimate of drug-likeness (QED) is 0.170. The van der Waals surface area contributed by atoms with Gasteiger partial charge in [-0.1, -0.05) is 57.0 Å². The maximum Gasteiger partial charge on any atom is 0.343 e. The van der Waals surface area contributed by atoms with Crippen molar-refractivity contribution in [3.8, 4) is 0 Å². The van der Waals surface area contributed by atoms with Crippen LogP contribution in [0.3, 0.4) is 0 Å². The predicted octanol–water partition coefficient (Wildman–Crippen LogP) is 4.32. The predicted molar refractivity (Wildman–Crippen MR) is 133 cm³/mol. The molecule has 35 heavy (non-hydrogen) atoms. The van der Waals surface area contributed by atoms with Gasteiger partial charge in [0.25, 0.3) is 0 Å². The normalized spacial score (nSPS) is 19.4. The molecule has 1 fully saturated rings. The average molecular weight is 557 g/mol. The van der Waals surface area contributed by atoms with Gasteiger partial charge in [0.15, 0.2) is 0 Å². The van der Waals surface area contributed by atoms with Gasteiger partial charge in [0.1, 0.15) is 25.4 Å². The third-order valence-electron chi connectivity index (χ3n) is 6.35. The number of carbonyl (C=O) groups is 3. The Bertz CT molecular complexity index is 900. The Balaban J connectivity index is 2.16. The number of hydrogen-bond donors (Lipinski definition) is 0. The molecule has 1 amide bonds. The summed E-state index contributed by atoms with van der Waals surface area (Å²) in [6.45, 7) is 13.9. The van der Waals surface area contributed by atoms with E-state index < -0.39 is 29.9 Å².